The highest BCUT2D eigenvalue weighted by molar-refractivity contribution is 7.99. The molecule has 9 heteroatoms. The van der Waals surface area contributed by atoms with Gasteiger partial charge in [0.15, 0.2) is 11.0 Å². The van der Waals surface area contributed by atoms with E-state index in [-0.39, 0.29) is 24.1 Å². The lowest BCUT2D eigenvalue weighted by molar-refractivity contribution is -0.113. The van der Waals surface area contributed by atoms with Gasteiger partial charge in [-0.1, -0.05) is 42.1 Å². The fourth-order valence-electron chi connectivity index (χ4n) is 3.76. The van der Waals surface area contributed by atoms with Crippen LogP contribution in [0.3, 0.4) is 0 Å². The van der Waals surface area contributed by atoms with E-state index in [1.165, 1.54) is 11.8 Å². The standard InChI is InChI=1S/C28H29N5O3S/c1-18-8-7-9-22(14-18)30-26(34)17-37-28-32-31-25(33(28)23-10-5-6-11-24(23)36-4)16-29-27(35)21-13-12-19(2)20(3)15-21/h5-15H,16-17H2,1-4H3,(H,29,35)(H,30,34). The Kier molecular flexibility index (Phi) is 8.25. The summed E-state index contributed by atoms with van der Waals surface area (Å²) < 4.78 is 7.37. The van der Waals surface area contributed by atoms with Gasteiger partial charge in [-0.05, 0) is 73.9 Å². The number of nitrogens with one attached hydrogen (secondary N) is 2. The van der Waals surface area contributed by atoms with Crippen molar-refractivity contribution in [3.8, 4) is 11.4 Å². The molecular weight excluding hydrogens is 486 g/mol. The van der Waals surface area contributed by atoms with Crippen LogP contribution in [0.15, 0.2) is 71.9 Å². The number of ether oxygens (including phenoxy) is 1. The first kappa shape index (κ1) is 26.0. The van der Waals surface area contributed by atoms with Gasteiger partial charge in [0.05, 0.1) is 25.1 Å². The minimum absolute atomic E-state index is 0.135. The number of carbonyl (C=O) groups excluding carboxylic acids is 2. The van der Waals surface area contributed by atoms with Gasteiger partial charge < -0.3 is 15.4 Å². The number of rotatable bonds is 9. The molecule has 3 aromatic carbocycles. The Morgan fingerprint density at radius 2 is 1.76 bits per heavy atom. The molecule has 0 aliphatic carbocycles. The summed E-state index contributed by atoms with van der Waals surface area (Å²) in [5, 5.41) is 15.0. The van der Waals surface area contributed by atoms with Gasteiger partial charge in [0, 0.05) is 11.3 Å². The van der Waals surface area contributed by atoms with Crippen LogP contribution < -0.4 is 15.4 Å². The quantitative estimate of drug-likeness (QED) is 0.309. The summed E-state index contributed by atoms with van der Waals surface area (Å²) in [7, 11) is 1.59. The first-order valence-electron chi connectivity index (χ1n) is 11.8. The normalized spacial score (nSPS) is 10.7. The fraction of sp³-hybridized carbons (Fsp3) is 0.214. The molecule has 0 aliphatic heterocycles. The molecule has 0 bridgehead atoms. The predicted molar refractivity (Wildman–Crippen MR) is 146 cm³/mol. The second-order valence-electron chi connectivity index (χ2n) is 8.59. The number of para-hydroxylation sites is 2. The predicted octanol–water partition coefficient (Wildman–Crippen LogP) is 4.86. The smallest absolute Gasteiger partial charge is 0.251 e. The van der Waals surface area contributed by atoms with Crippen LogP contribution in [0.5, 0.6) is 5.75 Å². The first-order chi connectivity index (χ1) is 17.9. The van der Waals surface area contributed by atoms with E-state index in [1.807, 2.05) is 86.0 Å². The van der Waals surface area contributed by atoms with Crippen LogP contribution in [0, 0.1) is 20.8 Å². The Hall–Kier alpha value is -4.11. The third-order valence-corrected chi connectivity index (χ3v) is 6.77. The van der Waals surface area contributed by atoms with Crippen molar-refractivity contribution in [2.24, 2.45) is 0 Å². The van der Waals surface area contributed by atoms with Crippen LogP contribution in [0.2, 0.25) is 0 Å². The van der Waals surface area contributed by atoms with Crippen LogP contribution in [0.25, 0.3) is 5.69 Å². The number of thioether (sulfide) groups is 1. The van der Waals surface area contributed by atoms with E-state index >= 15 is 0 Å². The summed E-state index contributed by atoms with van der Waals surface area (Å²) in [6.45, 7) is 6.10. The summed E-state index contributed by atoms with van der Waals surface area (Å²) in [4.78, 5) is 25.4. The number of aromatic nitrogens is 3. The topological polar surface area (TPSA) is 98.1 Å². The molecule has 0 fully saturated rings. The maximum atomic E-state index is 12.8. The van der Waals surface area contributed by atoms with E-state index in [1.54, 1.807) is 13.2 Å². The molecule has 0 radical (unpaired) electrons. The maximum absolute atomic E-state index is 12.8. The number of nitrogens with zero attached hydrogens (tertiary/aromatic N) is 3. The number of hydrogen-bond acceptors (Lipinski definition) is 6. The molecule has 0 atom stereocenters. The van der Waals surface area contributed by atoms with E-state index in [4.69, 9.17) is 4.74 Å². The highest BCUT2D eigenvalue weighted by Crippen LogP contribution is 2.29. The molecule has 0 saturated heterocycles. The number of hydrogen-bond donors (Lipinski definition) is 2. The Bertz CT molecular complexity index is 1430. The van der Waals surface area contributed by atoms with Gasteiger partial charge in [-0.25, -0.2) is 0 Å². The molecule has 0 spiro atoms. The molecule has 8 nitrogen and oxygen atoms in total. The molecule has 4 aromatic rings. The Morgan fingerprint density at radius 3 is 2.51 bits per heavy atom. The van der Waals surface area contributed by atoms with Gasteiger partial charge >= 0.3 is 0 Å². The molecule has 190 valence electrons. The summed E-state index contributed by atoms with van der Waals surface area (Å²) >= 11 is 1.26. The number of carbonyl (C=O) groups is 2. The maximum Gasteiger partial charge on any atom is 0.251 e. The van der Waals surface area contributed by atoms with Gasteiger partial charge in [-0.15, -0.1) is 10.2 Å². The SMILES string of the molecule is COc1ccccc1-n1c(CNC(=O)c2ccc(C)c(C)c2)nnc1SCC(=O)Nc1cccc(C)c1. The van der Waals surface area contributed by atoms with Gasteiger partial charge in [-0.3, -0.25) is 14.2 Å². The van der Waals surface area contributed by atoms with Gasteiger partial charge in [0.2, 0.25) is 5.91 Å². The second kappa shape index (κ2) is 11.7. The van der Waals surface area contributed by atoms with Crippen molar-refractivity contribution >= 4 is 29.3 Å². The lowest BCUT2D eigenvalue weighted by Crippen LogP contribution is -2.25. The van der Waals surface area contributed by atoms with Gasteiger partial charge in [0.1, 0.15) is 5.75 Å². The summed E-state index contributed by atoms with van der Waals surface area (Å²) in [5.74, 6) is 0.911. The molecule has 2 N–H and O–H groups in total. The molecular formula is C28H29N5O3S. The Balaban J connectivity index is 1.54. The molecule has 0 aliphatic rings. The molecule has 37 heavy (non-hydrogen) atoms. The van der Waals surface area contributed by atoms with Crippen molar-refractivity contribution in [1.82, 2.24) is 20.1 Å². The van der Waals surface area contributed by atoms with E-state index < -0.39 is 0 Å². The molecule has 0 saturated carbocycles. The van der Waals surface area contributed by atoms with Crippen LogP contribution in [0.4, 0.5) is 5.69 Å². The highest BCUT2D eigenvalue weighted by atomic mass is 32.2. The monoisotopic (exact) mass is 515 g/mol. The largest absolute Gasteiger partial charge is 0.495 e. The molecule has 1 aromatic heterocycles. The summed E-state index contributed by atoms with van der Waals surface area (Å²) in [6, 6.07) is 20.7. The average Bonchev–Trinajstić information content (AvgIpc) is 3.30. The number of aryl methyl sites for hydroxylation is 3. The minimum atomic E-state index is -0.204. The molecule has 2 amide bonds. The van der Waals surface area contributed by atoms with Crippen LogP contribution in [-0.2, 0) is 11.3 Å². The first-order valence-corrected chi connectivity index (χ1v) is 12.8. The number of anilines is 1. The van der Waals surface area contributed by atoms with Gasteiger partial charge in [0.25, 0.3) is 5.91 Å². The minimum Gasteiger partial charge on any atom is -0.495 e. The van der Waals surface area contributed by atoms with E-state index in [2.05, 4.69) is 20.8 Å². The van der Waals surface area contributed by atoms with Crippen molar-refractivity contribution in [1.29, 1.82) is 0 Å². The average molecular weight is 516 g/mol. The lowest BCUT2D eigenvalue weighted by atomic mass is 10.1. The molecule has 1 heterocycles. The van der Waals surface area contributed by atoms with Crippen molar-refractivity contribution < 1.29 is 14.3 Å². The van der Waals surface area contributed by atoms with Crippen molar-refractivity contribution in [3.05, 3.63) is 94.8 Å². The lowest BCUT2D eigenvalue weighted by Gasteiger charge is -2.14. The second-order valence-corrected chi connectivity index (χ2v) is 9.54. The molecule has 4 rings (SSSR count). The molecule has 0 unspecified atom stereocenters. The van der Waals surface area contributed by atoms with Crippen LogP contribution in [-0.4, -0.2) is 39.4 Å². The van der Waals surface area contributed by atoms with E-state index in [0.29, 0.717) is 28.0 Å². The third-order valence-electron chi connectivity index (χ3n) is 5.84. The Morgan fingerprint density at radius 1 is 0.946 bits per heavy atom. The van der Waals surface area contributed by atoms with Crippen molar-refractivity contribution in [3.63, 3.8) is 0 Å². The Labute approximate surface area is 220 Å². The number of methoxy groups -OCH3 is 1. The van der Waals surface area contributed by atoms with E-state index in [9.17, 15) is 9.59 Å². The fourth-order valence-corrected chi connectivity index (χ4v) is 4.52. The van der Waals surface area contributed by atoms with Crippen LogP contribution in [0.1, 0.15) is 32.9 Å². The zero-order valence-corrected chi connectivity index (χ0v) is 22.1. The van der Waals surface area contributed by atoms with E-state index in [0.717, 1.165) is 22.4 Å². The summed E-state index contributed by atoms with van der Waals surface area (Å²) in [5.41, 5.74) is 5.27. The number of amides is 2. The zero-order chi connectivity index (χ0) is 26.4. The highest BCUT2D eigenvalue weighted by Gasteiger charge is 2.19. The van der Waals surface area contributed by atoms with Gasteiger partial charge in [-0.2, -0.15) is 0 Å². The van der Waals surface area contributed by atoms with Crippen molar-refractivity contribution in [2.45, 2.75) is 32.5 Å². The third kappa shape index (κ3) is 6.37. The van der Waals surface area contributed by atoms with Crippen molar-refractivity contribution in [2.75, 3.05) is 18.2 Å². The number of benzene rings is 3. The van der Waals surface area contributed by atoms with Crippen LogP contribution >= 0.6 is 11.8 Å². The zero-order valence-electron chi connectivity index (χ0n) is 21.2. The summed E-state index contributed by atoms with van der Waals surface area (Å²) in [6.07, 6.45) is 0.